The number of aromatic amines is 1. The molecule has 2 N–H and O–H groups in total. The van der Waals surface area contributed by atoms with Crippen molar-refractivity contribution in [1.29, 1.82) is 0 Å². The molecule has 2 aromatic carbocycles. The van der Waals surface area contributed by atoms with Gasteiger partial charge in [0.1, 0.15) is 0 Å². The molecule has 5 rings (SSSR count). The molecule has 0 atom stereocenters. The minimum Gasteiger partial charge on any atom is -0.349 e. The predicted octanol–water partition coefficient (Wildman–Crippen LogP) is 5.23. The van der Waals surface area contributed by atoms with Crippen LogP contribution in [-0.4, -0.2) is 37.7 Å². The van der Waals surface area contributed by atoms with E-state index in [0.29, 0.717) is 10.7 Å². The fraction of sp³-hybridized carbons (Fsp3) is 0.240. The molecule has 0 aliphatic carbocycles. The van der Waals surface area contributed by atoms with Crippen LogP contribution in [0.4, 0.5) is 5.69 Å². The van der Waals surface area contributed by atoms with E-state index in [1.165, 1.54) is 10.1 Å². The molecule has 0 amide bonds. The number of nitrogens with one attached hydrogen (secondary N) is 2. The van der Waals surface area contributed by atoms with Gasteiger partial charge in [0.05, 0.1) is 11.4 Å². The largest absolute Gasteiger partial charge is 0.349 e. The van der Waals surface area contributed by atoms with Crippen molar-refractivity contribution in [3.63, 3.8) is 0 Å². The highest BCUT2D eigenvalue weighted by atomic mass is 35.5. The van der Waals surface area contributed by atoms with E-state index < -0.39 is 0 Å². The lowest BCUT2D eigenvalue weighted by Gasteiger charge is -2.33. The van der Waals surface area contributed by atoms with E-state index in [9.17, 15) is 4.79 Å². The molecule has 0 unspecified atom stereocenters. The third-order valence-electron chi connectivity index (χ3n) is 6.13. The molecular formula is C25H24ClN5OS. The molecule has 0 bridgehead atoms. The third kappa shape index (κ3) is 4.65. The summed E-state index contributed by atoms with van der Waals surface area (Å²) < 4.78 is 1.49. The van der Waals surface area contributed by atoms with E-state index >= 15 is 0 Å². The first kappa shape index (κ1) is 21.7. The van der Waals surface area contributed by atoms with Gasteiger partial charge in [-0.15, -0.1) is 0 Å². The van der Waals surface area contributed by atoms with Gasteiger partial charge in [-0.05, 0) is 61.8 Å². The maximum Gasteiger partial charge on any atom is 0.272 e. The number of H-pyrrole nitrogens is 1. The Hall–Kier alpha value is -3.16. The number of nitrogens with zero attached hydrogens (tertiary/aromatic N) is 3. The first-order valence-electron chi connectivity index (χ1n) is 11.0. The van der Waals surface area contributed by atoms with Crippen molar-refractivity contribution in [1.82, 2.24) is 19.5 Å². The second-order valence-corrected chi connectivity index (χ2v) is 9.27. The summed E-state index contributed by atoms with van der Waals surface area (Å²) in [6.07, 6.45) is 1.79. The highest BCUT2D eigenvalue weighted by molar-refractivity contribution is 7.80. The lowest BCUT2D eigenvalue weighted by Crippen LogP contribution is -2.40. The van der Waals surface area contributed by atoms with Gasteiger partial charge in [-0.1, -0.05) is 41.4 Å². The van der Waals surface area contributed by atoms with Crippen molar-refractivity contribution in [2.75, 3.05) is 18.4 Å². The maximum absolute atomic E-state index is 12.8. The zero-order valence-electron chi connectivity index (χ0n) is 18.2. The van der Waals surface area contributed by atoms with E-state index in [0.717, 1.165) is 53.7 Å². The third-order valence-corrected chi connectivity index (χ3v) is 6.74. The molecule has 8 heteroatoms. The topological polar surface area (TPSA) is 65.4 Å². The molecule has 0 saturated carbocycles. The highest BCUT2D eigenvalue weighted by Gasteiger charge is 2.24. The quantitative estimate of drug-likeness (QED) is 0.396. The minimum atomic E-state index is -0.103. The highest BCUT2D eigenvalue weighted by Crippen LogP contribution is 2.28. The van der Waals surface area contributed by atoms with Crippen LogP contribution in [0, 0.1) is 6.92 Å². The van der Waals surface area contributed by atoms with Gasteiger partial charge in [-0.25, -0.2) is 9.50 Å². The normalized spacial score (nSPS) is 14.5. The van der Waals surface area contributed by atoms with Crippen LogP contribution in [0.15, 0.2) is 65.5 Å². The number of piperidine rings is 1. The van der Waals surface area contributed by atoms with E-state index in [1.807, 2.05) is 42.5 Å². The van der Waals surface area contributed by atoms with Crippen molar-refractivity contribution in [3.8, 4) is 11.3 Å². The monoisotopic (exact) mass is 477 g/mol. The molecule has 0 spiro atoms. The van der Waals surface area contributed by atoms with Crippen LogP contribution >= 0.6 is 23.8 Å². The Labute approximate surface area is 202 Å². The van der Waals surface area contributed by atoms with Gasteiger partial charge in [0.15, 0.2) is 10.8 Å². The number of anilines is 1. The van der Waals surface area contributed by atoms with Gasteiger partial charge < -0.3 is 10.2 Å². The second kappa shape index (κ2) is 9.00. The first-order valence-corrected chi connectivity index (χ1v) is 11.8. The standard InChI is InChI=1S/C25H24ClN5OS/c1-16-2-8-20(9-3-16)27-25(33)30-12-10-18(11-13-30)21-15-24(32)31-23(28-21)14-22(29-31)17-4-6-19(26)7-5-17/h2-9,14-15,18,29H,10-13H2,1H3,(H,27,33). The summed E-state index contributed by atoms with van der Waals surface area (Å²) in [4.78, 5) is 19.8. The smallest absolute Gasteiger partial charge is 0.272 e. The van der Waals surface area contributed by atoms with Crippen molar-refractivity contribution in [2.24, 2.45) is 0 Å². The van der Waals surface area contributed by atoms with E-state index in [4.69, 9.17) is 28.8 Å². The maximum atomic E-state index is 12.8. The van der Waals surface area contributed by atoms with Crippen molar-refractivity contribution >= 4 is 40.3 Å². The Morgan fingerprint density at radius 1 is 1.09 bits per heavy atom. The number of benzene rings is 2. The molecule has 168 valence electrons. The Kier molecular flexibility index (Phi) is 5.91. The van der Waals surface area contributed by atoms with Crippen LogP contribution in [0.5, 0.6) is 0 Å². The molecule has 3 heterocycles. The summed E-state index contributed by atoms with van der Waals surface area (Å²) in [6, 6.07) is 19.3. The summed E-state index contributed by atoms with van der Waals surface area (Å²) in [5.41, 5.74) is 5.37. The lowest BCUT2D eigenvalue weighted by atomic mass is 9.93. The fourth-order valence-corrected chi connectivity index (χ4v) is 4.64. The Morgan fingerprint density at radius 3 is 2.48 bits per heavy atom. The average Bonchev–Trinajstić information content (AvgIpc) is 3.26. The Bertz CT molecular complexity index is 1350. The molecule has 33 heavy (non-hydrogen) atoms. The van der Waals surface area contributed by atoms with Gasteiger partial charge in [0.25, 0.3) is 5.56 Å². The number of likely N-dealkylation sites (tertiary alicyclic amines) is 1. The average molecular weight is 478 g/mol. The molecular weight excluding hydrogens is 454 g/mol. The molecule has 1 fully saturated rings. The Morgan fingerprint density at radius 2 is 1.79 bits per heavy atom. The number of hydrogen-bond acceptors (Lipinski definition) is 3. The number of aromatic nitrogens is 3. The first-order chi connectivity index (χ1) is 16.0. The van der Waals surface area contributed by atoms with Crippen LogP contribution < -0.4 is 10.9 Å². The van der Waals surface area contributed by atoms with Crippen LogP contribution in [0.3, 0.4) is 0 Å². The number of hydrogen-bond donors (Lipinski definition) is 2. The SMILES string of the molecule is Cc1ccc(NC(=S)N2CCC(c3cc(=O)n4[nH]c(-c5ccc(Cl)cc5)cc4n3)CC2)cc1. The number of fused-ring (bicyclic) bond motifs is 1. The molecule has 4 aromatic rings. The summed E-state index contributed by atoms with van der Waals surface area (Å²) in [6.45, 7) is 3.72. The molecule has 1 aliphatic rings. The van der Waals surface area contributed by atoms with Gasteiger partial charge in [0, 0.05) is 41.9 Å². The molecule has 0 radical (unpaired) electrons. The summed E-state index contributed by atoms with van der Waals surface area (Å²) in [7, 11) is 0. The van der Waals surface area contributed by atoms with Crippen molar-refractivity contribution in [3.05, 3.63) is 87.3 Å². The van der Waals surface area contributed by atoms with Gasteiger partial charge in [-0.3, -0.25) is 9.89 Å². The molecule has 6 nitrogen and oxygen atoms in total. The summed E-state index contributed by atoms with van der Waals surface area (Å²) in [5, 5.41) is 7.88. The van der Waals surface area contributed by atoms with Gasteiger partial charge in [0.2, 0.25) is 0 Å². The van der Waals surface area contributed by atoms with E-state index in [2.05, 4.69) is 34.4 Å². The fourth-order valence-electron chi connectivity index (χ4n) is 4.21. The summed E-state index contributed by atoms with van der Waals surface area (Å²) >= 11 is 11.6. The molecule has 2 aromatic heterocycles. The second-order valence-electron chi connectivity index (χ2n) is 8.45. The zero-order chi connectivity index (χ0) is 22.9. The van der Waals surface area contributed by atoms with Gasteiger partial charge >= 0.3 is 0 Å². The number of aryl methyl sites for hydroxylation is 1. The van der Waals surface area contributed by atoms with Crippen LogP contribution in [0.1, 0.15) is 30.0 Å². The van der Waals surface area contributed by atoms with Crippen LogP contribution in [0.25, 0.3) is 16.9 Å². The predicted molar refractivity (Wildman–Crippen MR) is 137 cm³/mol. The lowest BCUT2D eigenvalue weighted by molar-refractivity contribution is 0.314. The number of thiocarbonyl (C=S) groups is 1. The minimum absolute atomic E-state index is 0.103. The van der Waals surface area contributed by atoms with Gasteiger partial charge in [-0.2, -0.15) is 0 Å². The Balaban J connectivity index is 1.29. The van der Waals surface area contributed by atoms with Crippen LogP contribution in [0.2, 0.25) is 5.02 Å². The molecule has 1 saturated heterocycles. The number of rotatable bonds is 3. The number of halogens is 1. The van der Waals surface area contributed by atoms with E-state index in [1.54, 1.807) is 6.07 Å². The van der Waals surface area contributed by atoms with Crippen molar-refractivity contribution < 1.29 is 0 Å². The molecule has 1 aliphatic heterocycles. The zero-order valence-corrected chi connectivity index (χ0v) is 19.8. The summed E-state index contributed by atoms with van der Waals surface area (Å²) in [5.74, 6) is 0.231. The van der Waals surface area contributed by atoms with Crippen LogP contribution in [-0.2, 0) is 0 Å². The van der Waals surface area contributed by atoms with Crippen molar-refractivity contribution in [2.45, 2.75) is 25.7 Å². The van der Waals surface area contributed by atoms with E-state index in [-0.39, 0.29) is 11.5 Å².